The molecule has 0 fully saturated rings. The van der Waals surface area contributed by atoms with Crippen molar-refractivity contribution in [2.24, 2.45) is 17.1 Å². The van der Waals surface area contributed by atoms with E-state index in [0.29, 0.717) is 17.6 Å². The van der Waals surface area contributed by atoms with Crippen LogP contribution in [-0.2, 0) is 11.2 Å². The van der Waals surface area contributed by atoms with E-state index < -0.39 is 0 Å². The fraction of sp³-hybridized carbons (Fsp3) is 0.857. The summed E-state index contributed by atoms with van der Waals surface area (Å²) in [7, 11) is 1.64. The Balaban J connectivity index is 2.57. The number of rotatable bonds is 7. The van der Waals surface area contributed by atoms with Crippen molar-refractivity contribution in [3.63, 3.8) is 0 Å². The van der Waals surface area contributed by atoms with Gasteiger partial charge >= 0.3 is 0 Å². The van der Waals surface area contributed by atoms with Gasteiger partial charge in [-0.15, -0.1) is 0 Å². The standard InChI is InChI=1S/C14H27N3O2/c1-10(18-5)13-16-12(19-17-13)7-6-11(8-9-15)14(2,3)4/h10-11H,6-9,15H2,1-5H3. The Morgan fingerprint density at radius 2 is 2.00 bits per heavy atom. The predicted octanol–water partition coefficient (Wildman–Crippen LogP) is 2.72. The van der Waals surface area contributed by atoms with Crippen molar-refractivity contribution >= 4 is 0 Å². The second-order valence-corrected chi connectivity index (χ2v) is 6.10. The highest BCUT2D eigenvalue weighted by molar-refractivity contribution is 4.90. The molecule has 2 atom stereocenters. The van der Waals surface area contributed by atoms with Crippen LogP contribution < -0.4 is 5.73 Å². The lowest BCUT2D eigenvalue weighted by atomic mass is 9.76. The molecule has 1 rings (SSSR count). The Bertz CT molecular complexity index is 371. The van der Waals surface area contributed by atoms with Crippen LogP contribution in [0, 0.1) is 11.3 Å². The minimum Gasteiger partial charge on any atom is -0.374 e. The molecule has 110 valence electrons. The molecule has 0 spiro atoms. The van der Waals surface area contributed by atoms with Crippen LogP contribution in [0.25, 0.3) is 0 Å². The molecule has 0 aliphatic carbocycles. The van der Waals surface area contributed by atoms with E-state index in [-0.39, 0.29) is 11.5 Å². The molecule has 0 aliphatic rings. The predicted molar refractivity (Wildman–Crippen MR) is 74.7 cm³/mol. The number of ether oxygens (including phenoxy) is 1. The highest BCUT2D eigenvalue weighted by atomic mass is 16.5. The zero-order valence-corrected chi connectivity index (χ0v) is 12.8. The van der Waals surface area contributed by atoms with E-state index in [1.165, 1.54) is 0 Å². The van der Waals surface area contributed by atoms with Gasteiger partial charge in [-0.2, -0.15) is 4.98 Å². The summed E-state index contributed by atoms with van der Waals surface area (Å²) in [6, 6.07) is 0. The first-order valence-electron chi connectivity index (χ1n) is 6.93. The Labute approximate surface area is 115 Å². The van der Waals surface area contributed by atoms with Crippen LogP contribution in [0.2, 0.25) is 0 Å². The zero-order chi connectivity index (χ0) is 14.5. The largest absolute Gasteiger partial charge is 0.374 e. The second-order valence-electron chi connectivity index (χ2n) is 6.10. The molecule has 1 aromatic heterocycles. The molecule has 1 heterocycles. The summed E-state index contributed by atoms with van der Waals surface area (Å²) in [5.74, 6) is 1.86. The van der Waals surface area contributed by atoms with Gasteiger partial charge < -0.3 is 15.0 Å². The molecule has 0 amide bonds. The second kappa shape index (κ2) is 7.01. The first-order chi connectivity index (χ1) is 8.88. The number of nitrogens with zero attached hydrogens (tertiary/aromatic N) is 2. The van der Waals surface area contributed by atoms with Gasteiger partial charge in [-0.05, 0) is 37.6 Å². The average molecular weight is 269 g/mol. The minimum atomic E-state index is -0.125. The van der Waals surface area contributed by atoms with Crippen LogP contribution in [0.5, 0.6) is 0 Å². The van der Waals surface area contributed by atoms with Crippen LogP contribution >= 0.6 is 0 Å². The maximum atomic E-state index is 5.69. The zero-order valence-electron chi connectivity index (χ0n) is 12.8. The summed E-state index contributed by atoms with van der Waals surface area (Å²) in [5.41, 5.74) is 5.94. The van der Waals surface area contributed by atoms with Gasteiger partial charge in [-0.3, -0.25) is 0 Å². The van der Waals surface area contributed by atoms with E-state index in [1.807, 2.05) is 6.92 Å². The van der Waals surface area contributed by atoms with Crippen molar-refractivity contribution in [1.29, 1.82) is 0 Å². The molecule has 0 aliphatic heterocycles. The molecule has 5 nitrogen and oxygen atoms in total. The molecule has 0 aromatic carbocycles. The summed E-state index contributed by atoms with van der Waals surface area (Å²) < 4.78 is 10.4. The van der Waals surface area contributed by atoms with E-state index in [0.717, 1.165) is 25.8 Å². The van der Waals surface area contributed by atoms with E-state index in [4.69, 9.17) is 15.0 Å². The van der Waals surface area contributed by atoms with Crippen LogP contribution in [0.4, 0.5) is 0 Å². The first-order valence-corrected chi connectivity index (χ1v) is 6.93. The van der Waals surface area contributed by atoms with Gasteiger partial charge in [-0.1, -0.05) is 25.9 Å². The molecule has 0 saturated heterocycles. The molecular formula is C14H27N3O2. The maximum absolute atomic E-state index is 5.69. The molecule has 2 N–H and O–H groups in total. The lowest BCUT2D eigenvalue weighted by molar-refractivity contribution is 0.109. The molecule has 0 saturated carbocycles. The molecule has 2 unspecified atom stereocenters. The topological polar surface area (TPSA) is 74.2 Å². The Hall–Kier alpha value is -0.940. The summed E-state index contributed by atoms with van der Waals surface area (Å²) >= 11 is 0. The summed E-state index contributed by atoms with van der Waals surface area (Å²) in [6.45, 7) is 9.37. The summed E-state index contributed by atoms with van der Waals surface area (Å²) in [5, 5.41) is 3.94. The van der Waals surface area contributed by atoms with Gasteiger partial charge in [0.15, 0.2) is 5.82 Å². The molecule has 5 heteroatoms. The van der Waals surface area contributed by atoms with Crippen molar-refractivity contribution in [2.45, 2.75) is 53.1 Å². The minimum absolute atomic E-state index is 0.125. The number of aryl methyl sites for hydroxylation is 1. The van der Waals surface area contributed by atoms with Crippen LogP contribution in [0.15, 0.2) is 4.52 Å². The van der Waals surface area contributed by atoms with Crippen molar-refractivity contribution < 1.29 is 9.26 Å². The van der Waals surface area contributed by atoms with Gasteiger partial charge in [0.25, 0.3) is 0 Å². The third kappa shape index (κ3) is 4.91. The van der Waals surface area contributed by atoms with Gasteiger partial charge in [0.05, 0.1) is 0 Å². The van der Waals surface area contributed by atoms with Crippen LogP contribution in [0.3, 0.4) is 0 Å². The van der Waals surface area contributed by atoms with E-state index in [1.54, 1.807) is 7.11 Å². The van der Waals surface area contributed by atoms with Crippen LogP contribution in [-0.4, -0.2) is 23.8 Å². The molecule has 1 aromatic rings. The van der Waals surface area contributed by atoms with Gasteiger partial charge in [0, 0.05) is 13.5 Å². The quantitative estimate of drug-likeness (QED) is 0.823. The number of nitrogens with two attached hydrogens (primary N) is 1. The summed E-state index contributed by atoms with van der Waals surface area (Å²) in [4.78, 5) is 4.36. The number of hydrogen-bond donors (Lipinski definition) is 1. The normalized spacial score (nSPS) is 15.5. The lowest BCUT2D eigenvalue weighted by Gasteiger charge is -2.30. The Kier molecular flexibility index (Phi) is 5.94. The van der Waals surface area contributed by atoms with Gasteiger partial charge in [0.1, 0.15) is 6.10 Å². The molecular weight excluding hydrogens is 242 g/mol. The third-order valence-electron chi connectivity index (χ3n) is 3.65. The smallest absolute Gasteiger partial charge is 0.226 e. The Morgan fingerprint density at radius 1 is 1.32 bits per heavy atom. The van der Waals surface area contributed by atoms with E-state index in [9.17, 15) is 0 Å². The van der Waals surface area contributed by atoms with Gasteiger partial charge in [0.2, 0.25) is 5.89 Å². The van der Waals surface area contributed by atoms with Crippen molar-refractivity contribution in [1.82, 2.24) is 10.1 Å². The highest BCUT2D eigenvalue weighted by Crippen LogP contribution is 2.32. The van der Waals surface area contributed by atoms with Crippen molar-refractivity contribution in [3.8, 4) is 0 Å². The van der Waals surface area contributed by atoms with Gasteiger partial charge in [-0.25, -0.2) is 0 Å². The van der Waals surface area contributed by atoms with E-state index in [2.05, 4.69) is 30.9 Å². The number of aromatic nitrogens is 2. The number of hydrogen-bond acceptors (Lipinski definition) is 5. The first kappa shape index (κ1) is 16.1. The summed E-state index contributed by atoms with van der Waals surface area (Å²) in [6.07, 6.45) is 2.72. The van der Waals surface area contributed by atoms with E-state index >= 15 is 0 Å². The van der Waals surface area contributed by atoms with Crippen molar-refractivity contribution in [2.75, 3.05) is 13.7 Å². The highest BCUT2D eigenvalue weighted by Gasteiger charge is 2.24. The lowest BCUT2D eigenvalue weighted by Crippen LogP contribution is -2.24. The molecule has 0 radical (unpaired) electrons. The third-order valence-corrected chi connectivity index (χ3v) is 3.65. The van der Waals surface area contributed by atoms with Crippen molar-refractivity contribution in [3.05, 3.63) is 11.7 Å². The fourth-order valence-corrected chi connectivity index (χ4v) is 2.15. The molecule has 0 bridgehead atoms. The molecule has 19 heavy (non-hydrogen) atoms. The average Bonchev–Trinajstić information content (AvgIpc) is 2.80. The van der Waals surface area contributed by atoms with Crippen LogP contribution in [0.1, 0.15) is 58.4 Å². The Morgan fingerprint density at radius 3 is 2.53 bits per heavy atom. The maximum Gasteiger partial charge on any atom is 0.226 e. The fourth-order valence-electron chi connectivity index (χ4n) is 2.15. The number of methoxy groups -OCH3 is 1. The monoisotopic (exact) mass is 269 g/mol. The SMILES string of the molecule is COC(C)c1noc(CCC(CCN)C(C)(C)C)n1.